The maximum atomic E-state index is 10.2. The van der Waals surface area contributed by atoms with E-state index < -0.39 is 5.97 Å². The van der Waals surface area contributed by atoms with Gasteiger partial charge >= 0.3 is 5.97 Å². The van der Waals surface area contributed by atoms with Crippen LogP contribution in [0.4, 0.5) is 5.69 Å². The summed E-state index contributed by atoms with van der Waals surface area (Å²) in [5.41, 5.74) is 5.74. The maximum Gasteiger partial charge on any atom is 0.335 e. The van der Waals surface area contributed by atoms with Crippen LogP contribution < -0.4 is 14.8 Å². The standard InChI is InChI=1S/C20H25NO2.C6H5NO2/c1-4-21-20-13-18(23-3)9-10-19(20)16-6-5-15-12-17(22-2)8-7-14(15)11-16;8-6(9)5-1-3-7-4-2-5/h7-10,12-13,16,21H,4-6,11H2,1-3H3;1-4H,(H,8,9). The van der Waals surface area contributed by atoms with Gasteiger partial charge in [0.25, 0.3) is 0 Å². The van der Waals surface area contributed by atoms with Crippen LogP contribution in [0.5, 0.6) is 11.5 Å². The molecular formula is C26H30N2O4. The molecule has 6 nitrogen and oxygen atoms in total. The Labute approximate surface area is 189 Å². The number of hydrogen-bond donors (Lipinski definition) is 2. The number of nitrogens with zero attached hydrogens (tertiary/aromatic N) is 1. The summed E-state index contributed by atoms with van der Waals surface area (Å²) in [7, 11) is 3.45. The molecule has 3 aromatic rings. The molecule has 1 unspecified atom stereocenters. The Balaban J connectivity index is 0.000000269. The highest BCUT2D eigenvalue weighted by Crippen LogP contribution is 2.38. The summed E-state index contributed by atoms with van der Waals surface area (Å²) in [6, 6.07) is 15.8. The summed E-state index contributed by atoms with van der Waals surface area (Å²) in [5.74, 6) is 1.50. The van der Waals surface area contributed by atoms with Gasteiger partial charge in [-0.1, -0.05) is 12.1 Å². The molecule has 0 spiro atoms. The maximum absolute atomic E-state index is 10.2. The molecule has 2 aromatic carbocycles. The first kappa shape index (κ1) is 23.1. The molecule has 0 bridgehead atoms. The SMILES string of the molecule is CCNc1cc(OC)ccc1C1CCc2cc(OC)ccc2C1.O=C(O)c1ccncc1. The third kappa shape index (κ3) is 5.78. The number of carboxylic acid groups (broad SMARTS) is 1. The monoisotopic (exact) mass is 434 g/mol. The van der Waals surface area contributed by atoms with E-state index in [-0.39, 0.29) is 5.56 Å². The first-order chi connectivity index (χ1) is 15.5. The number of aromatic carboxylic acids is 1. The second kappa shape index (κ2) is 11.2. The minimum absolute atomic E-state index is 0.269. The Hall–Kier alpha value is -3.54. The Kier molecular flexibility index (Phi) is 8.08. The minimum Gasteiger partial charge on any atom is -0.497 e. The molecule has 1 atom stereocenters. The lowest BCUT2D eigenvalue weighted by Gasteiger charge is -2.27. The molecule has 2 N–H and O–H groups in total. The Morgan fingerprint density at radius 2 is 1.72 bits per heavy atom. The number of methoxy groups -OCH3 is 2. The van der Waals surface area contributed by atoms with Crippen LogP contribution in [0.3, 0.4) is 0 Å². The summed E-state index contributed by atoms with van der Waals surface area (Å²) >= 11 is 0. The predicted octanol–water partition coefficient (Wildman–Crippen LogP) is 5.19. The Morgan fingerprint density at radius 1 is 1.03 bits per heavy atom. The summed E-state index contributed by atoms with van der Waals surface area (Å²) < 4.78 is 10.7. The number of rotatable bonds is 6. The van der Waals surface area contributed by atoms with Gasteiger partial charge in [-0.2, -0.15) is 0 Å². The zero-order chi connectivity index (χ0) is 22.9. The molecule has 0 radical (unpaired) electrons. The van der Waals surface area contributed by atoms with E-state index in [4.69, 9.17) is 14.6 Å². The zero-order valence-electron chi connectivity index (χ0n) is 18.8. The second-order valence-electron chi connectivity index (χ2n) is 7.60. The van der Waals surface area contributed by atoms with Crippen molar-refractivity contribution >= 4 is 11.7 Å². The second-order valence-corrected chi connectivity index (χ2v) is 7.60. The highest BCUT2D eigenvalue weighted by Gasteiger charge is 2.23. The van der Waals surface area contributed by atoms with Crippen LogP contribution in [0.25, 0.3) is 0 Å². The van der Waals surface area contributed by atoms with Crippen molar-refractivity contribution in [1.29, 1.82) is 0 Å². The van der Waals surface area contributed by atoms with E-state index in [9.17, 15) is 4.79 Å². The first-order valence-electron chi connectivity index (χ1n) is 10.8. The van der Waals surface area contributed by atoms with Crippen molar-refractivity contribution in [2.45, 2.75) is 32.1 Å². The van der Waals surface area contributed by atoms with Gasteiger partial charge in [0.2, 0.25) is 0 Å². The molecule has 168 valence electrons. The Bertz CT molecular complexity index is 1040. The van der Waals surface area contributed by atoms with Crippen molar-refractivity contribution in [3.05, 3.63) is 83.2 Å². The van der Waals surface area contributed by atoms with E-state index in [1.54, 1.807) is 14.2 Å². The topological polar surface area (TPSA) is 80.7 Å². The average molecular weight is 435 g/mol. The number of aromatic nitrogens is 1. The van der Waals surface area contributed by atoms with Crippen LogP contribution in [-0.4, -0.2) is 36.8 Å². The fourth-order valence-electron chi connectivity index (χ4n) is 3.98. The zero-order valence-corrected chi connectivity index (χ0v) is 18.8. The number of carboxylic acids is 1. The van der Waals surface area contributed by atoms with Gasteiger partial charge in [-0.3, -0.25) is 4.98 Å². The number of aryl methyl sites for hydroxylation is 1. The van der Waals surface area contributed by atoms with E-state index in [1.165, 1.54) is 53.3 Å². The van der Waals surface area contributed by atoms with E-state index in [2.05, 4.69) is 53.6 Å². The molecule has 1 aliphatic rings. The lowest BCUT2D eigenvalue weighted by atomic mass is 9.79. The summed E-state index contributed by atoms with van der Waals surface area (Å²) in [6.45, 7) is 3.05. The van der Waals surface area contributed by atoms with Crippen molar-refractivity contribution < 1.29 is 19.4 Å². The molecule has 4 rings (SSSR count). The molecule has 6 heteroatoms. The molecule has 1 aromatic heterocycles. The van der Waals surface area contributed by atoms with Crippen molar-refractivity contribution in [1.82, 2.24) is 4.98 Å². The number of benzene rings is 2. The predicted molar refractivity (Wildman–Crippen MR) is 126 cm³/mol. The van der Waals surface area contributed by atoms with Crippen LogP contribution in [-0.2, 0) is 12.8 Å². The summed E-state index contributed by atoms with van der Waals surface area (Å²) in [5, 5.41) is 11.8. The highest BCUT2D eigenvalue weighted by atomic mass is 16.5. The van der Waals surface area contributed by atoms with E-state index >= 15 is 0 Å². The highest BCUT2D eigenvalue weighted by molar-refractivity contribution is 5.87. The molecule has 32 heavy (non-hydrogen) atoms. The number of hydrogen-bond acceptors (Lipinski definition) is 5. The van der Waals surface area contributed by atoms with E-state index in [1.807, 2.05) is 0 Å². The van der Waals surface area contributed by atoms with Crippen LogP contribution in [0.15, 0.2) is 60.9 Å². The minimum atomic E-state index is -0.919. The normalized spacial score (nSPS) is 14.4. The molecule has 1 aliphatic carbocycles. The van der Waals surface area contributed by atoms with Crippen molar-refractivity contribution in [3.8, 4) is 11.5 Å². The third-order valence-corrected chi connectivity index (χ3v) is 5.64. The first-order valence-corrected chi connectivity index (χ1v) is 10.8. The van der Waals surface area contributed by atoms with Gasteiger partial charge in [-0.15, -0.1) is 0 Å². The lowest BCUT2D eigenvalue weighted by Crippen LogP contribution is -2.15. The number of carbonyl (C=O) groups is 1. The van der Waals surface area contributed by atoms with Crippen LogP contribution in [0, 0.1) is 0 Å². The fraction of sp³-hybridized carbons (Fsp3) is 0.308. The largest absolute Gasteiger partial charge is 0.497 e. The van der Waals surface area contributed by atoms with Crippen molar-refractivity contribution in [2.75, 3.05) is 26.1 Å². The summed E-state index contributed by atoms with van der Waals surface area (Å²) in [4.78, 5) is 13.8. The van der Waals surface area contributed by atoms with Gasteiger partial charge in [0.05, 0.1) is 19.8 Å². The fourth-order valence-corrected chi connectivity index (χ4v) is 3.98. The van der Waals surface area contributed by atoms with Crippen LogP contribution in [0.2, 0.25) is 0 Å². The lowest BCUT2D eigenvalue weighted by molar-refractivity contribution is 0.0696. The summed E-state index contributed by atoms with van der Waals surface area (Å²) in [6.07, 6.45) is 6.26. The molecule has 0 fully saturated rings. The smallest absolute Gasteiger partial charge is 0.335 e. The van der Waals surface area contributed by atoms with Gasteiger partial charge in [0, 0.05) is 30.7 Å². The van der Waals surface area contributed by atoms with Crippen molar-refractivity contribution in [3.63, 3.8) is 0 Å². The molecule has 0 saturated heterocycles. The molecular weight excluding hydrogens is 404 g/mol. The number of anilines is 1. The van der Waals surface area contributed by atoms with Gasteiger partial charge in [0.15, 0.2) is 0 Å². The van der Waals surface area contributed by atoms with Crippen LogP contribution in [0.1, 0.15) is 46.3 Å². The molecule has 0 amide bonds. The van der Waals surface area contributed by atoms with Crippen molar-refractivity contribution in [2.24, 2.45) is 0 Å². The Morgan fingerprint density at radius 3 is 2.34 bits per heavy atom. The van der Waals surface area contributed by atoms with E-state index in [0.29, 0.717) is 5.92 Å². The average Bonchev–Trinajstić information content (AvgIpc) is 2.84. The third-order valence-electron chi connectivity index (χ3n) is 5.64. The number of pyridine rings is 1. The van der Waals surface area contributed by atoms with Crippen LogP contribution >= 0.6 is 0 Å². The van der Waals surface area contributed by atoms with Gasteiger partial charge in [-0.25, -0.2) is 4.79 Å². The molecule has 0 saturated carbocycles. The number of fused-ring (bicyclic) bond motifs is 1. The number of nitrogens with one attached hydrogen (secondary N) is 1. The molecule has 0 aliphatic heterocycles. The molecule has 1 heterocycles. The van der Waals surface area contributed by atoms with E-state index in [0.717, 1.165) is 30.9 Å². The van der Waals surface area contributed by atoms with Gasteiger partial charge < -0.3 is 19.9 Å². The van der Waals surface area contributed by atoms with Gasteiger partial charge in [-0.05, 0) is 79.1 Å². The van der Waals surface area contributed by atoms with Gasteiger partial charge in [0.1, 0.15) is 11.5 Å². The number of ether oxygens (including phenoxy) is 2. The quantitative estimate of drug-likeness (QED) is 0.556.